The first-order valence-electron chi connectivity index (χ1n) is 14.5. The molecule has 2 saturated heterocycles. The lowest BCUT2D eigenvalue weighted by Crippen LogP contribution is -2.52. The van der Waals surface area contributed by atoms with Gasteiger partial charge in [-0.05, 0) is 61.7 Å². The molecule has 0 bridgehead atoms. The van der Waals surface area contributed by atoms with Gasteiger partial charge >= 0.3 is 12.1 Å². The predicted molar refractivity (Wildman–Crippen MR) is 163 cm³/mol. The summed E-state index contributed by atoms with van der Waals surface area (Å²) in [6.45, 7) is 4.81. The first-order valence-corrected chi connectivity index (χ1v) is 15.2. The number of nitrogens with zero attached hydrogens (tertiary/aromatic N) is 6. The Morgan fingerprint density at radius 1 is 0.956 bits per heavy atom. The van der Waals surface area contributed by atoms with Gasteiger partial charge in [-0.15, -0.1) is 0 Å². The number of piperidine rings is 1. The maximum Gasteiger partial charge on any atom is 0.471 e. The Hall–Kier alpha value is -3.68. The number of benzene rings is 1. The monoisotopic (exact) mass is 665 g/mol. The van der Waals surface area contributed by atoms with Crippen LogP contribution in [-0.4, -0.2) is 88.6 Å². The maximum atomic E-state index is 12.8. The highest BCUT2D eigenvalue weighted by Crippen LogP contribution is 2.31. The number of piperazine rings is 1. The average molecular weight is 667 g/mol. The fraction of sp³-hybridized carbons (Fsp3) is 0.433. The average Bonchev–Trinajstić information content (AvgIpc) is 3.00. The number of halogens is 5. The van der Waals surface area contributed by atoms with E-state index in [0.717, 1.165) is 42.0 Å². The minimum absolute atomic E-state index is 0.0178. The minimum Gasteiger partial charge on any atom is -0.436 e. The molecule has 10 nitrogen and oxygen atoms in total. The van der Waals surface area contributed by atoms with E-state index in [-0.39, 0.29) is 32.1 Å². The van der Waals surface area contributed by atoms with E-state index in [9.17, 15) is 22.8 Å². The van der Waals surface area contributed by atoms with E-state index >= 15 is 0 Å². The summed E-state index contributed by atoms with van der Waals surface area (Å²) in [6, 6.07) is 9.02. The van der Waals surface area contributed by atoms with Gasteiger partial charge in [0.25, 0.3) is 0 Å². The maximum absolute atomic E-state index is 12.8. The Labute approximate surface area is 268 Å². The Bertz CT molecular complexity index is 1490. The van der Waals surface area contributed by atoms with Crippen molar-refractivity contribution < 1.29 is 27.5 Å². The van der Waals surface area contributed by atoms with Crippen LogP contribution in [0.4, 0.5) is 19.1 Å². The highest BCUT2D eigenvalue weighted by Gasteiger charge is 2.43. The molecule has 2 amide bonds. The molecule has 5 rings (SSSR count). The molecule has 45 heavy (non-hydrogen) atoms. The number of nitrogens with one attached hydrogen (secondary N) is 1. The molecule has 0 saturated carbocycles. The third-order valence-corrected chi connectivity index (χ3v) is 8.14. The molecule has 2 aromatic heterocycles. The molecule has 2 fully saturated rings. The summed E-state index contributed by atoms with van der Waals surface area (Å²) in [4.78, 5) is 41.0. The van der Waals surface area contributed by atoms with Crippen molar-refractivity contribution >= 4 is 41.0 Å². The number of amides is 2. The van der Waals surface area contributed by atoms with E-state index in [2.05, 4.69) is 20.2 Å². The van der Waals surface area contributed by atoms with Crippen molar-refractivity contribution in [3.8, 4) is 22.9 Å². The summed E-state index contributed by atoms with van der Waals surface area (Å²) in [5.74, 6) is -0.458. The second kappa shape index (κ2) is 14.2. The second-order valence-electron chi connectivity index (χ2n) is 11.1. The lowest BCUT2D eigenvalue weighted by atomic mass is 9.96. The van der Waals surface area contributed by atoms with Crippen LogP contribution in [-0.2, 0) is 16.1 Å². The molecule has 0 aliphatic carbocycles. The third-order valence-electron chi connectivity index (χ3n) is 7.70. The molecule has 1 N–H and O–H groups in total. The van der Waals surface area contributed by atoms with Crippen molar-refractivity contribution in [1.82, 2.24) is 30.1 Å². The molecule has 4 heterocycles. The summed E-state index contributed by atoms with van der Waals surface area (Å²) in [5.41, 5.74) is 2.31. The number of rotatable bonds is 8. The van der Waals surface area contributed by atoms with E-state index < -0.39 is 12.1 Å². The molecule has 2 aliphatic heterocycles. The van der Waals surface area contributed by atoms with Gasteiger partial charge in [0.15, 0.2) is 5.75 Å². The smallest absolute Gasteiger partial charge is 0.436 e. The van der Waals surface area contributed by atoms with Crippen LogP contribution in [0.5, 0.6) is 11.6 Å². The Kier molecular flexibility index (Phi) is 10.3. The van der Waals surface area contributed by atoms with E-state index in [1.54, 1.807) is 23.1 Å². The zero-order chi connectivity index (χ0) is 32.1. The standard InChI is InChI=1S/C30H32Cl2F3N7O3/c1-19(43)36-15-20-2-4-40(5-3-20)18-21-10-26(22-12-23(31)14-24(32)13-22)39-27(11-21)45-25-16-37-29(38-17-25)42-8-6-41(7-9-42)28(44)30(33,34)35/h10-14,16-17,20H,2-9,15,18H2,1H3,(H,36,43). The molecular formula is C30H32Cl2F3N7O3. The number of carbonyl (C=O) groups is 2. The van der Waals surface area contributed by atoms with Gasteiger partial charge in [0, 0.05) is 67.9 Å². The van der Waals surface area contributed by atoms with Gasteiger partial charge in [-0.1, -0.05) is 23.2 Å². The number of pyridine rings is 1. The number of aromatic nitrogens is 3. The molecule has 3 aromatic rings. The normalized spacial score (nSPS) is 16.5. The van der Waals surface area contributed by atoms with Crippen LogP contribution < -0.4 is 15.0 Å². The largest absolute Gasteiger partial charge is 0.471 e. The second-order valence-corrected chi connectivity index (χ2v) is 12.0. The molecule has 240 valence electrons. The van der Waals surface area contributed by atoms with Crippen LogP contribution in [0.3, 0.4) is 0 Å². The van der Waals surface area contributed by atoms with Crippen molar-refractivity contribution in [2.45, 2.75) is 32.5 Å². The summed E-state index contributed by atoms with van der Waals surface area (Å²) in [5, 5.41) is 3.86. The fourth-order valence-electron chi connectivity index (χ4n) is 5.38. The van der Waals surface area contributed by atoms with E-state index in [1.165, 1.54) is 19.3 Å². The van der Waals surface area contributed by atoms with Gasteiger partial charge in [-0.25, -0.2) is 15.0 Å². The molecule has 0 spiro atoms. The van der Waals surface area contributed by atoms with Gasteiger partial charge in [0.2, 0.25) is 17.7 Å². The molecule has 2 aliphatic rings. The van der Waals surface area contributed by atoms with E-state index in [0.29, 0.717) is 52.3 Å². The first-order chi connectivity index (χ1) is 21.4. The van der Waals surface area contributed by atoms with Gasteiger partial charge in [0.05, 0.1) is 18.1 Å². The van der Waals surface area contributed by atoms with Crippen molar-refractivity contribution in [3.63, 3.8) is 0 Å². The highest BCUT2D eigenvalue weighted by molar-refractivity contribution is 6.35. The fourth-order valence-corrected chi connectivity index (χ4v) is 5.91. The summed E-state index contributed by atoms with van der Waals surface area (Å²) < 4.78 is 44.4. The predicted octanol–water partition coefficient (Wildman–Crippen LogP) is 5.20. The van der Waals surface area contributed by atoms with Gasteiger partial charge in [-0.2, -0.15) is 13.2 Å². The van der Waals surface area contributed by atoms with E-state index in [1.807, 2.05) is 12.1 Å². The lowest BCUT2D eigenvalue weighted by Gasteiger charge is -2.34. The van der Waals surface area contributed by atoms with Gasteiger partial charge < -0.3 is 19.9 Å². The van der Waals surface area contributed by atoms with Crippen molar-refractivity contribution in [2.75, 3.05) is 50.7 Å². The molecule has 15 heteroatoms. The molecule has 0 unspecified atom stereocenters. The van der Waals surface area contributed by atoms with Crippen LogP contribution in [0.1, 0.15) is 25.3 Å². The van der Waals surface area contributed by atoms with E-state index in [4.69, 9.17) is 32.9 Å². The Balaban J connectivity index is 1.28. The highest BCUT2D eigenvalue weighted by atomic mass is 35.5. The van der Waals surface area contributed by atoms with Crippen molar-refractivity contribution in [2.24, 2.45) is 5.92 Å². The number of alkyl halides is 3. The summed E-state index contributed by atoms with van der Waals surface area (Å²) >= 11 is 12.6. The molecule has 0 atom stereocenters. The number of likely N-dealkylation sites (tertiary alicyclic amines) is 1. The third kappa shape index (κ3) is 8.95. The number of carbonyl (C=O) groups excluding carboxylic acids is 2. The molecule has 1 aromatic carbocycles. The zero-order valence-electron chi connectivity index (χ0n) is 24.5. The first kappa shape index (κ1) is 32.7. The van der Waals surface area contributed by atoms with Crippen molar-refractivity contribution in [3.05, 3.63) is 58.3 Å². The van der Waals surface area contributed by atoms with Crippen LogP contribution in [0, 0.1) is 5.92 Å². The zero-order valence-corrected chi connectivity index (χ0v) is 26.0. The number of hydrogen-bond acceptors (Lipinski definition) is 8. The van der Waals surface area contributed by atoms with Crippen LogP contribution in [0.2, 0.25) is 10.0 Å². The number of ether oxygens (including phenoxy) is 1. The molecule has 0 radical (unpaired) electrons. The quantitative estimate of drug-likeness (QED) is 0.350. The molecular weight excluding hydrogens is 634 g/mol. The van der Waals surface area contributed by atoms with Crippen LogP contribution in [0.25, 0.3) is 11.3 Å². The van der Waals surface area contributed by atoms with Crippen molar-refractivity contribution in [1.29, 1.82) is 0 Å². The van der Waals surface area contributed by atoms with Gasteiger partial charge in [0.1, 0.15) is 0 Å². The Morgan fingerprint density at radius 3 is 2.20 bits per heavy atom. The summed E-state index contributed by atoms with van der Waals surface area (Å²) in [7, 11) is 0. The summed E-state index contributed by atoms with van der Waals surface area (Å²) in [6.07, 6.45) is -0.00146. The SMILES string of the molecule is CC(=O)NCC1CCN(Cc2cc(Oc3cnc(N4CCN(C(=O)C(F)(F)F)CC4)nc3)nc(-c3cc(Cl)cc(Cl)c3)c2)CC1. The number of anilines is 1. The van der Waals surface area contributed by atoms with Crippen LogP contribution in [0.15, 0.2) is 42.7 Å². The number of hydrogen-bond donors (Lipinski definition) is 1. The Morgan fingerprint density at radius 2 is 1.60 bits per heavy atom. The minimum atomic E-state index is -4.90. The van der Waals surface area contributed by atoms with Crippen LogP contribution >= 0.6 is 23.2 Å². The lowest BCUT2D eigenvalue weighted by molar-refractivity contribution is -0.185. The topological polar surface area (TPSA) is 104 Å². The van der Waals surface area contributed by atoms with Gasteiger partial charge in [-0.3, -0.25) is 14.5 Å².